The Morgan fingerprint density at radius 3 is 1.33 bits per heavy atom. The predicted molar refractivity (Wildman–Crippen MR) is 19.5 cm³/mol. The van der Waals surface area contributed by atoms with Crippen LogP contribution in [0.4, 0.5) is 0 Å². The smallest absolute Gasteiger partial charge is 1.00 e. The van der Waals surface area contributed by atoms with E-state index in [9.17, 15) is 0 Å². The van der Waals surface area contributed by atoms with Crippen LogP contribution in [-0.2, 0) is 6.21 Å². The van der Waals surface area contributed by atoms with Crippen molar-refractivity contribution < 1.29 is 16.0 Å². The first-order chi connectivity index (χ1) is 2.00. The molecule has 6 heteroatoms. The second-order valence-electron chi connectivity index (χ2n) is 0.448. The zero-order valence-electron chi connectivity index (χ0n) is 4.83. The summed E-state index contributed by atoms with van der Waals surface area (Å²) in [6, 6.07) is 0. The van der Waals surface area contributed by atoms with Crippen LogP contribution in [0.2, 0.25) is 0 Å². The monoisotopic (exact) mass is 238 g/mol. The molecule has 0 aliphatic rings. The Bertz CT molecular complexity index is 97.2. The summed E-state index contributed by atoms with van der Waals surface area (Å²) in [4.78, 5) is 0. The maximum atomic E-state index is 8.85. The van der Waals surface area contributed by atoms with E-state index in [-0.39, 0.29) is 40.6 Å². The summed E-state index contributed by atoms with van der Waals surface area (Å²) < 4.78 is 32.0. The molecule has 0 rings (SSSR count). The van der Waals surface area contributed by atoms with Gasteiger partial charge in [-0.25, -0.2) is 0 Å². The quantitative estimate of drug-likeness (QED) is 0.482. The van der Waals surface area contributed by atoms with Crippen molar-refractivity contribution in [2.45, 2.75) is 0 Å². The molecule has 0 aliphatic heterocycles. The Labute approximate surface area is 71.8 Å². The van der Waals surface area contributed by atoms with Crippen LogP contribution in [0.3, 0.4) is 0 Å². The van der Waals surface area contributed by atoms with E-state index in [1.807, 2.05) is 0 Å². The van der Waals surface area contributed by atoms with E-state index < -0.39 is 19.0 Å². The van der Waals surface area contributed by atoms with Crippen LogP contribution < -0.4 is 0 Å². The topological polar surface area (TPSA) is 74.6 Å². The molecule has 0 bridgehead atoms. The molecular weight excluding hydrogens is 232 g/mol. The molecule has 0 atom stereocenters. The Morgan fingerprint density at radius 1 is 1.33 bits per heavy atom. The van der Waals surface area contributed by atoms with Crippen LogP contribution in [-0.4, -0.2) is 63.7 Å². The minimum absolute atomic E-state index is 0. The van der Waals surface area contributed by atoms with Gasteiger partial charge in [-0.15, -0.1) is 0 Å². The third kappa shape index (κ3) is 47.2. The molecule has 0 aromatic heterocycles. The zero-order chi connectivity index (χ0) is 4.50. The van der Waals surface area contributed by atoms with E-state index in [2.05, 4.69) is 0 Å². The molecule has 2 N–H and O–H groups in total. The SMILES string of the molecule is O=[Te](=O)(O)O.[Ca+2].[H-].[H-]. The third-order valence-electron chi connectivity index (χ3n) is 0. The fourth-order valence-electron chi connectivity index (χ4n) is 0. The molecule has 0 amide bonds. The zero-order valence-corrected chi connectivity index (χ0v) is 7.37. The first-order valence-corrected chi connectivity index (χ1v) is 4.69. The predicted octanol–water partition coefficient (Wildman–Crippen LogP) is -1.89. The summed E-state index contributed by atoms with van der Waals surface area (Å²) >= 11 is -5.52. The van der Waals surface area contributed by atoms with Gasteiger partial charge in [0.1, 0.15) is 0 Å². The van der Waals surface area contributed by atoms with Crippen LogP contribution in [0.25, 0.3) is 0 Å². The van der Waals surface area contributed by atoms with Crippen LogP contribution in [0.5, 0.6) is 0 Å². The number of hydrogen-bond acceptors (Lipinski definition) is 2. The minimum Gasteiger partial charge on any atom is -1.00 e. The molecule has 0 fully saturated rings. The van der Waals surface area contributed by atoms with Gasteiger partial charge in [0.2, 0.25) is 0 Å². The molecule has 4 nitrogen and oxygen atoms in total. The summed E-state index contributed by atoms with van der Waals surface area (Å²) in [5.74, 6) is 0. The van der Waals surface area contributed by atoms with Crippen molar-refractivity contribution in [1.29, 1.82) is 0 Å². The van der Waals surface area contributed by atoms with Gasteiger partial charge in [-0.1, -0.05) is 0 Å². The largest absolute Gasteiger partial charge is 2.00 e. The molecule has 6 heavy (non-hydrogen) atoms. The molecule has 0 aromatic carbocycles. The molecule has 0 aromatic rings. The average Bonchev–Trinajstić information content (AvgIpc) is 0.722. The van der Waals surface area contributed by atoms with Crippen LogP contribution in [0, 0.1) is 0 Å². The maximum Gasteiger partial charge on any atom is 2.00 e. The second-order valence-corrected chi connectivity index (χ2v) is 3.00. The van der Waals surface area contributed by atoms with E-state index in [0.717, 1.165) is 0 Å². The van der Waals surface area contributed by atoms with E-state index in [1.54, 1.807) is 0 Å². The van der Waals surface area contributed by atoms with Gasteiger partial charge < -0.3 is 2.85 Å². The van der Waals surface area contributed by atoms with Crippen LogP contribution in [0.1, 0.15) is 2.85 Å². The summed E-state index contributed by atoms with van der Waals surface area (Å²) in [5.41, 5.74) is 0. The fraction of sp³-hybridized carbons (Fsp3) is 0. The summed E-state index contributed by atoms with van der Waals surface area (Å²) in [5, 5.41) is 0. The standard InChI is InChI=1S/Ca.H2O4Te.2H/c;1-5(2,3)4;;/h;(H2,1,2,3,4);;/q+2;;2*-1. The van der Waals surface area contributed by atoms with Gasteiger partial charge in [0.15, 0.2) is 0 Å². The molecular formula is H4CaO4Te. The molecule has 0 unspecified atom stereocenters. The molecule has 0 aliphatic carbocycles. The van der Waals surface area contributed by atoms with Crippen LogP contribution in [0.15, 0.2) is 0 Å². The fourth-order valence-corrected chi connectivity index (χ4v) is 0. The van der Waals surface area contributed by atoms with Crippen molar-refractivity contribution in [2.24, 2.45) is 0 Å². The Balaban J connectivity index is -0.0000000267. The normalized spacial score (nSPS) is 9.67. The Kier molecular flexibility index (Phi) is 6.24. The average molecular weight is 236 g/mol. The van der Waals surface area contributed by atoms with Gasteiger partial charge in [-0.05, 0) is 0 Å². The number of rotatable bonds is 0. The Morgan fingerprint density at radius 2 is 1.33 bits per heavy atom. The van der Waals surface area contributed by atoms with E-state index >= 15 is 0 Å². The van der Waals surface area contributed by atoms with E-state index in [4.69, 9.17) is 13.2 Å². The van der Waals surface area contributed by atoms with Crippen LogP contribution >= 0.6 is 0 Å². The van der Waals surface area contributed by atoms with Crippen molar-refractivity contribution in [3.8, 4) is 0 Å². The van der Waals surface area contributed by atoms with Gasteiger partial charge in [0, 0.05) is 0 Å². The number of hydrogen-bond donors (Lipinski definition) is 2. The van der Waals surface area contributed by atoms with Gasteiger partial charge >= 0.3 is 69.9 Å². The molecule has 0 saturated carbocycles. The molecule has 0 saturated heterocycles. The van der Waals surface area contributed by atoms with Gasteiger partial charge in [-0.3, -0.25) is 0 Å². The summed E-state index contributed by atoms with van der Waals surface area (Å²) in [7, 11) is 0. The van der Waals surface area contributed by atoms with Crippen molar-refractivity contribution in [3.05, 3.63) is 0 Å². The van der Waals surface area contributed by atoms with Gasteiger partial charge in [0.05, 0.1) is 0 Å². The molecule has 0 spiro atoms. The first kappa shape index (κ1) is 10.5. The summed E-state index contributed by atoms with van der Waals surface area (Å²) in [6.45, 7) is 0. The third-order valence-corrected chi connectivity index (χ3v) is 0. The maximum absolute atomic E-state index is 8.85. The van der Waals surface area contributed by atoms with E-state index in [1.165, 1.54) is 0 Å². The molecule has 0 radical (unpaired) electrons. The van der Waals surface area contributed by atoms with Crippen molar-refractivity contribution in [1.82, 2.24) is 0 Å². The minimum atomic E-state index is -5.52. The summed E-state index contributed by atoms with van der Waals surface area (Å²) in [6.07, 6.45) is 0. The second kappa shape index (κ2) is 3.56. The van der Waals surface area contributed by atoms with Gasteiger partial charge in [0.25, 0.3) is 0 Å². The van der Waals surface area contributed by atoms with Crippen molar-refractivity contribution in [2.75, 3.05) is 0 Å². The van der Waals surface area contributed by atoms with Crippen molar-refractivity contribution in [3.63, 3.8) is 0 Å². The molecule has 36 valence electrons. The van der Waals surface area contributed by atoms with Gasteiger partial charge in [-0.2, -0.15) is 0 Å². The van der Waals surface area contributed by atoms with E-state index in [0.29, 0.717) is 0 Å². The first-order valence-electron chi connectivity index (χ1n) is 0.698. The molecule has 0 heterocycles. The van der Waals surface area contributed by atoms with Crippen molar-refractivity contribution >= 4 is 56.7 Å². The Hall–Kier alpha value is 1.57.